The molecule has 6 N–H and O–H groups in total. The first-order valence-corrected chi connectivity index (χ1v) is 44.6. The maximum atomic E-state index is 13.2. The number of carboxylic acid groups (broad SMARTS) is 2. The van der Waals surface area contributed by atoms with Gasteiger partial charge in [0, 0.05) is 109 Å². The number of aryl methyl sites for hydroxylation is 3. The Bertz CT molecular complexity index is 5530. The Balaban J connectivity index is 0.000000130. The number of anilines is 7. The van der Waals surface area contributed by atoms with Crippen molar-refractivity contribution >= 4 is 82.8 Å². The van der Waals surface area contributed by atoms with Crippen molar-refractivity contribution in [2.24, 2.45) is 0 Å². The van der Waals surface area contributed by atoms with E-state index in [0.29, 0.717) is 105 Å². The van der Waals surface area contributed by atoms with Crippen molar-refractivity contribution < 1.29 is 67.5 Å². The zero-order chi connectivity index (χ0) is 88.9. The van der Waals surface area contributed by atoms with Gasteiger partial charge in [0.05, 0.1) is 70.1 Å². The van der Waals surface area contributed by atoms with Crippen LogP contribution in [0.4, 0.5) is 55.0 Å². The van der Waals surface area contributed by atoms with E-state index in [1.807, 2.05) is 98.7 Å². The van der Waals surface area contributed by atoms with Crippen molar-refractivity contribution in [2.45, 2.75) is 255 Å². The lowest BCUT2D eigenvalue weighted by molar-refractivity contribution is 0.0521. The van der Waals surface area contributed by atoms with Crippen LogP contribution in [0, 0.1) is 0 Å². The standard InChI is InChI=1S/C28H36N4O5.C26H32N4O5.C21H24N4O3.C20H27NO4/c1-5-36-24(34)18-10-11-22-20(16-18)28(17-32(22)26(35)37-27(2,3)4)12-14-31(15-13-28)25-29-21-9-7-6-8-19(21)23(33)30-25;1-25(2,3)35-24(34)30-15-26(18-14-16(22(32)33)8-9-20(18)30)10-12-29(13-11-26)23-27-19-7-5-4-6-17(19)21(31)28-23;26-18-14-3-1-2-4-16(14)23-20(24-18)25-9-7-21(8-10-25)12-22-17-6-5-13(19(27)28)11-15(17)21;1-19(2,3)25-18(23)21-13-20(10-6-5-7-11-20)15-12-14(17(22)24-4)8-9-16(15)21/h10-11,16H,5-9,12-15,17H2,1-4H3,(H,29,30,33);8-9,14H,4-7,10-13,15H2,1-3H3,(H,32,33)(H,27,28,31);5-6,11,22H,1-4,7-10,12H2,(H,27,28)(H,23,24,26);8-9,12H,5-7,10-11,13H2,1-4H3. The van der Waals surface area contributed by atoms with Crippen LogP contribution in [0.5, 0.6) is 0 Å². The molecule has 0 atom stereocenters. The number of H-pyrrole nitrogens is 3. The Labute approximate surface area is 727 Å². The smallest absolute Gasteiger partial charge is 0.414 e. The lowest BCUT2D eigenvalue weighted by Gasteiger charge is -2.40. The number of aromatic nitrogens is 6. The largest absolute Gasteiger partial charge is 0.478 e. The second-order valence-electron chi connectivity index (χ2n) is 38.5. The van der Waals surface area contributed by atoms with Crippen molar-refractivity contribution in [2.75, 3.05) is 114 Å². The van der Waals surface area contributed by atoms with Gasteiger partial charge in [-0.05, 0) is 293 Å². The van der Waals surface area contributed by atoms with E-state index in [9.17, 15) is 58.2 Å². The quantitative estimate of drug-likeness (QED) is 0.0608. The van der Waals surface area contributed by atoms with E-state index < -0.39 is 40.9 Å². The van der Waals surface area contributed by atoms with E-state index in [1.54, 1.807) is 52.0 Å². The number of fused-ring (bicyclic) bond motifs is 11. The number of rotatable bonds is 8. The molecule has 4 aromatic carbocycles. The van der Waals surface area contributed by atoms with Crippen LogP contribution in [0.2, 0.25) is 0 Å². The minimum Gasteiger partial charge on any atom is -0.478 e. The average molecular weight is 1720 g/mol. The summed E-state index contributed by atoms with van der Waals surface area (Å²) in [4.78, 5) is 159. The number of hydrogen-bond donors (Lipinski definition) is 6. The first-order chi connectivity index (χ1) is 59.5. The van der Waals surface area contributed by atoms with Gasteiger partial charge >= 0.3 is 42.2 Å². The predicted molar refractivity (Wildman–Crippen MR) is 475 cm³/mol. The molecule has 30 nitrogen and oxygen atoms in total. The zero-order valence-electron chi connectivity index (χ0n) is 74.0. The summed E-state index contributed by atoms with van der Waals surface area (Å²) in [6, 6.07) is 21.2. The van der Waals surface area contributed by atoms with Crippen molar-refractivity contribution in [1.82, 2.24) is 29.9 Å². The molecule has 3 amide bonds. The third-order valence-electron chi connectivity index (χ3n) is 26.8. The molecule has 7 aromatic rings. The number of ether oxygens (including phenoxy) is 5. The Morgan fingerprint density at radius 2 is 0.720 bits per heavy atom. The summed E-state index contributed by atoms with van der Waals surface area (Å²) in [6.45, 7) is 25.3. The predicted octanol–water partition coefficient (Wildman–Crippen LogP) is 14.5. The molecule has 4 spiro atoms. The van der Waals surface area contributed by atoms with Gasteiger partial charge in [-0.25, -0.2) is 48.5 Å². The molecule has 4 aliphatic carbocycles. The molecule has 0 radical (unpaired) electrons. The van der Waals surface area contributed by atoms with Crippen molar-refractivity contribution in [1.29, 1.82) is 0 Å². The molecule has 3 aromatic heterocycles. The normalized spacial score (nSPS) is 18.9. The van der Waals surface area contributed by atoms with Gasteiger partial charge in [0.25, 0.3) is 16.7 Å². The molecule has 4 fully saturated rings. The van der Waals surface area contributed by atoms with Crippen molar-refractivity contribution in [3.8, 4) is 0 Å². The van der Waals surface area contributed by atoms with Crippen LogP contribution >= 0.6 is 0 Å². The number of carbonyl (C=O) groups is 7. The van der Waals surface area contributed by atoms with E-state index in [0.717, 1.165) is 221 Å². The van der Waals surface area contributed by atoms with Gasteiger partial charge in [-0.15, -0.1) is 0 Å². The first kappa shape index (κ1) is 88.3. The fraction of sp³-hybridized carbons (Fsp3) is 0.547. The Morgan fingerprint density at radius 1 is 0.400 bits per heavy atom. The maximum absolute atomic E-state index is 13.2. The summed E-state index contributed by atoms with van der Waals surface area (Å²) in [6.07, 6.45) is 20.4. The number of methoxy groups -OCH3 is 1. The molecule has 125 heavy (non-hydrogen) atoms. The minimum atomic E-state index is -0.994. The fourth-order valence-electron chi connectivity index (χ4n) is 20.4. The highest BCUT2D eigenvalue weighted by Crippen LogP contribution is 2.53. The monoisotopic (exact) mass is 1710 g/mol. The van der Waals surface area contributed by atoms with Gasteiger partial charge in [-0.2, -0.15) is 0 Å². The molecule has 0 unspecified atom stereocenters. The number of benzene rings is 4. The first-order valence-electron chi connectivity index (χ1n) is 44.6. The van der Waals surface area contributed by atoms with E-state index in [-0.39, 0.29) is 61.9 Å². The third kappa shape index (κ3) is 18.5. The Morgan fingerprint density at radius 3 is 1.07 bits per heavy atom. The molecular formula is C95H119N13O17. The van der Waals surface area contributed by atoms with Crippen LogP contribution in [0.15, 0.2) is 87.2 Å². The number of nitrogens with one attached hydrogen (secondary N) is 4. The molecule has 7 aliphatic heterocycles. The molecule has 10 heterocycles. The highest BCUT2D eigenvalue weighted by molar-refractivity contribution is 5.98. The number of nitrogens with zero attached hydrogens (tertiary/aromatic N) is 9. The number of hydrogen-bond acceptors (Lipinski definition) is 22. The number of carbonyl (C=O) groups excluding carboxylic acids is 5. The number of piperidine rings is 3. The summed E-state index contributed by atoms with van der Waals surface area (Å²) < 4.78 is 27.1. The summed E-state index contributed by atoms with van der Waals surface area (Å²) in [5.41, 5.74) is 11.6. The van der Waals surface area contributed by atoms with Crippen LogP contribution in [-0.4, -0.2) is 178 Å². The SMILES string of the molecule is CC(C)(C)OC(=O)N1CC2(CCN(c3nc4c(c(=O)[nH]3)CCCC4)CC2)c2cc(C(=O)O)ccc21.CCOC(=O)c1ccc2c(c1)C1(CCN(c3nc4c(c(=O)[nH]3)CCCC4)CC1)CN2C(=O)OC(C)(C)C.COC(=O)c1ccc2c(c1)C1(CCCCC1)CN2C(=O)OC(C)(C)C.O=C(O)c1ccc2c(c1)C1(CCN(c3nc4c(c(=O)[nH]3)CCCC4)CC1)CN2. The van der Waals surface area contributed by atoms with Crippen LogP contribution in [0.3, 0.4) is 0 Å². The van der Waals surface area contributed by atoms with Crippen molar-refractivity contribution in [3.05, 3.63) is 182 Å². The Hall–Kier alpha value is -11.6. The molecule has 1 saturated carbocycles. The molecule has 666 valence electrons. The second kappa shape index (κ2) is 35.1. The molecule has 3 saturated heterocycles. The summed E-state index contributed by atoms with van der Waals surface area (Å²) in [5, 5.41) is 22.4. The number of carboxylic acids is 2. The van der Waals surface area contributed by atoms with Crippen LogP contribution < -0.4 is 51.4 Å². The van der Waals surface area contributed by atoms with E-state index in [4.69, 9.17) is 38.6 Å². The zero-order valence-corrected chi connectivity index (χ0v) is 74.0. The number of esters is 2. The topological polar surface area (TPSA) is 375 Å². The highest BCUT2D eigenvalue weighted by Gasteiger charge is 2.52. The third-order valence-corrected chi connectivity index (χ3v) is 26.8. The van der Waals surface area contributed by atoms with Crippen LogP contribution in [0.25, 0.3) is 0 Å². The average Bonchev–Trinajstić information content (AvgIpc) is 1.53. The van der Waals surface area contributed by atoms with Gasteiger partial charge in [0.2, 0.25) is 17.8 Å². The molecule has 18 rings (SSSR count). The number of aromatic amines is 3. The molecular weight excluding hydrogens is 1600 g/mol. The van der Waals surface area contributed by atoms with Gasteiger partial charge in [-0.3, -0.25) is 44.0 Å². The van der Waals surface area contributed by atoms with Crippen LogP contribution in [0.1, 0.15) is 276 Å². The molecule has 0 bridgehead atoms. The van der Waals surface area contributed by atoms with E-state index in [1.165, 1.54) is 19.6 Å². The number of aromatic carboxylic acids is 2. The maximum Gasteiger partial charge on any atom is 0.414 e. The lowest BCUT2D eigenvalue weighted by Crippen LogP contribution is -2.47. The van der Waals surface area contributed by atoms with Crippen molar-refractivity contribution in [3.63, 3.8) is 0 Å². The van der Waals surface area contributed by atoms with Gasteiger partial charge < -0.3 is 53.9 Å². The van der Waals surface area contributed by atoms with Crippen LogP contribution in [-0.2, 0) is 83.9 Å². The van der Waals surface area contributed by atoms with Gasteiger partial charge in [0.15, 0.2) is 0 Å². The number of amides is 3. The minimum absolute atomic E-state index is 0.0129. The van der Waals surface area contributed by atoms with Gasteiger partial charge in [-0.1, -0.05) is 19.3 Å². The summed E-state index contributed by atoms with van der Waals surface area (Å²) in [7, 11) is 1.39. The highest BCUT2D eigenvalue weighted by atomic mass is 16.6. The summed E-state index contributed by atoms with van der Waals surface area (Å²) in [5.74, 6) is -0.681. The van der Waals surface area contributed by atoms with E-state index in [2.05, 4.69) is 35.0 Å². The molecule has 30 heteroatoms. The van der Waals surface area contributed by atoms with Gasteiger partial charge in [0.1, 0.15) is 16.8 Å². The fourth-order valence-corrected chi connectivity index (χ4v) is 20.4. The summed E-state index contributed by atoms with van der Waals surface area (Å²) >= 11 is 0. The Kier molecular flexibility index (Phi) is 24.8. The molecule has 11 aliphatic rings. The second-order valence-corrected chi connectivity index (χ2v) is 38.5. The van der Waals surface area contributed by atoms with E-state index >= 15 is 0 Å². The lowest BCUT2D eigenvalue weighted by atomic mass is 9.70.